The molecular formula is C22H17F6LiN3O2S+. The smallest absolute Gasteiger partial charge is 0.236 e. The number of alkyl halides is 6. The molecule has 3 atom stereocenters. The van der Waals surface area contributed by atoms with Gasteiger partial charge in [-0.1, -0.05) is 19.1 Å². The summed E-state index contributed by atoms with van der Waals surface area (Å²) >= 11 is 0. The second-order valence-electron chi connectivity index (χ2n) is 7.64. The van der Waals surface area contributed by atoms with Crippen molar-refractivity contribution in [3.8, 4) is 12.1 Å². The minimum absolute atomic E-state index is 0. The molecule has 2 rings (SSSR count). The Morgan fingerprint density at radius 3 is 1.94 bits per heavy atom. The fourth-order valence-electron chi connectivity index (χ4n) is 3.86. The Labute approximate surface area is 210 Å². The molecule has 35 heavy (non-hydrogen) atoms. The molecule has 5 nitrogen and oxygen atoms in total. The van der Waals surface area contributed by atoms with E-state index in [0.717, 1.165) is 18.2 Å². The van der Waals surface area contributed by atoms with Gasteiger partial charge in [-0.25, -0.2) is 13.3 Å². The number of halogens is 6. The van der Waals surface area contributed by atoms with Crippen molar-refractivity contribution in [3.63, 3.8) is 0 Å². The summed E-state index contributed by atoms with van der Waals surface area (Å²) in [6, 6.07) is 7.33. The molecule has 1 aromatic carbocycles. The Kier molecular flexibility index (Phi) is 9.46. The summed E-state index contributed by atoms with van der Waals surface area (Å²) < 4.78 is 109. The summed E-state index contributed by atoms with van der Waals surface area (Å²) in [6.45, 7) is 10.4. The topological polar surface area (TPSA) is 86.1 Å². The molecule has 1 aliphatic carbocycles. The van der Waals surface area contributed by atoms with Gasteiger partial charge >= 0.3 is 31.2 Å². The van der Waals surface area contributed by atoms with Gasteiger partial charge in [0, 0.05) is 5.92 Å². The summed E-state index contributed by atoms with van der Waals surface area (Å²) in [5, 5.41) is 14.8. The van der Waals surface area contributed by atoms with Gasteiger partial charge in [0.25, 0.3) is 0 Å². The second kappa shape index (κ2) is 10.9. The van der Waals surface area contributed by atoms with Crippen molar-refractivity contribution in [2.75, 3.05) is 0 Å². The van der Waals surface area contributed by atoms with Gasteiger partial charge in [0.2, 0.25) is 5.70 Å². The summed E-state index contributed by atoms with van der Waals surface area (Å²) in [4.78, 5) is 1.61. The molecular weight excluding hydrogens is 491 g/mol. The zero-order valence-corrected chi connectivity index (χ0v) is 19.6. The van der Waals surface area contributed by atoms with Crippen LogP contribution in [0.4, 0.5) is 26.3 Å². The molecule has 0 saturated carbocycles. The second-order valence-corrected chi connectivity index (χ2v) is 9.67. The SMILES string of the molecule is [C-]#[N+]C1=C(C(F)(F)F)C(S(=O)(=O)c2ccc(C(CC)CC(C)C#N)cc2)C(C(F)(F)F)=C1C#N.[Li+]. The molecule has 1 aliphatic rings. The van der Waals surface area contributed by atoms with Crippen LogP contribution in [-0.2, 0) is 9.84 Å². The number of hydrogen-bond acceptors (Lipinski definition) is 4. The van der Waals surface area contributed by atoms with E-state index in [1.54, 1.807) is 6.92 Å². The van der Waals surface area contributed by atoms with Gasteiger partial charge in [0.15, 0.2) is 9.84 Å². The van der Waals surface area contributed by atoms with Crippen LogP contribution >= 0.6 is 0 Å². The molecule has 0 spiro atoms. The molecule has 3 unspecified atom stereocenters. The first-order valence-electron chi connectivity index (χ1n) is 9.79. The largest absolute Gasteiger partial charge is 1.00 e. The van der Waals surface area contributed by atoms with Crippen molar-refractivity contribution in [1.82, 2.24) is 0 Å². The van der Waals surface area contributed by atoms with Gasteiger partial charge in [-0.3, -0.25) is 0 Å². The number of sulfone groups is 1. The molecule has 0 amide bonds. The number of nitrogens with zero attached hydrogens (tertiary/aromatic N) is 3. The first-order valence-corrected chi connectivity index (χ1v) is 11.3. The average Bonchev–Trinajstić information content (AvgIpc) is 3.13. The van der Waals surface area contributed by atoms with Crippen LogP contribution in [0.3, 0.4) is 0 Å². The van der Waals surface area contributed by atoms with Gasteiger partial charge in [0.1, 0.15) is 5.25 Å². The number of rotatable bonds is 6. The molecule has 0 heterocycles. The van der Waals surface area contributed by atoms with Crippen LogP contribution < -0.4 is 18.9 Å². The summed E-state index contributed by atoms with van der Waals surface area (Å²) in [7, 11) is -5.37. The number of nitriles is 2. The minimum Gasteiger partial charge on any atom is -0.236 e. The maximum absolute atomic E-state index is 13.7. The van der Waals surface area contributed by atoms with E-state index in [4.69, 9.17) is 17.1 Å². The van der Waals surface area contributed by atoms with Crippen LogP contribution in [0.1, 0.15) is 38.2 Å². The van der Waals surface area contributed by atoms with E-state index in [1.165, 1.54) is 12.1 Å². The zero-order chi connectivity index (χ0) is 26.1. The molecule has 0 bridgehead atoms. The van der Waals surface area contributed by atoms with Crippen LogP contribution in [0.25, 0.3) is 4.85 Å². The standard InChI is InChI=1S/C22H17F6N3O2S.Li/c1-4-13(9-12(2)10-29)14-5-7-15(8-6-14)34(32,33)20-17(21(23,24)25)16(11-30)19(31-3)18(20)22(26,27)28;/h5-8,12-13,20H,4,9H2,1-2H3;/q;+1. The fourth-order valence-corrected chi connectivity index (χ4v) is 5.76. The van der Waals surface area contributed by atoms with E-state index in [-0.39, 0.29) is 30.7 Å². The fraction of sp³-hybridized carbons (Fsp3) is 0.409. The third-order valence-electron chi connectivity index (χ3n) is 5.46. The van der Waals surface area contributed by atoms with Gasteiger partial charge < -0.3 is 0 Å². The van der Waals surface area contributed by atoms with Gasteiger partial charge in [-0.15, -0.1) is 0 Å². The van der Waals surface area contributed by atoms with Crippen LogP contribution in [0, 0.1) is 35.2 Å². The predicted molar refractivity (Wildman–Crippen MR) is 108 cm³/mol. The third kappa shape index (κ3) is 5.93. The maximum Gasteiger partial charge on any atom is 1.00 e. The molecule has 0 fully saturated rings. The van der Waals surface area contributed by atoms with Crippen molar-refractivity contribution >= 4 is 9.84 Å². The third-order valence-corrected chi connectivity index (χ3v) is 7.48. The van der Waals surface area contributed by atoms with E-state index in [2.05, 4.69) is 10.9 Å². The zero-order valence-electron chi connectivity index (χ0n) is 18.8. The molecule has 0 saturated heterocycles. The molecule has 13 heteroatoms. The molecule has 0 aliphatic heterocycles. The first kappa shape index (κ1) is 30.3. The van der Waals surface area contributed by atoms with E-state index in [1.807, 2.05) is 6.92 Å². The molecule has 0 N–H and O–H groups in total. The Morgan fingerprint density at radius 2 is 1.57 bits per heavy atom. The average molecular weight is 508 g/mol. The molecule has 0 aromatic heterocycles. The van der Waals surface area contributed by atoms with Crippen LogP contribution in [-0.4, -0.2) is 26.0 Å². The summed E-state index contributed by atoms with van der Waals surface area (Å²) in [5.74, 6) is -0.518. The first-order chi connectivity index (χ1) is 15.6. The van der Waals surface area contributed by atoms with E-state index in [9.17, 15) is 34.8 Å². The van der Waals surface area contributed by atoms with Crippen molar-refractivity contribution in [2.45, 2.75) is 55.1 Å². The van der Waals surface area contributed by atoms with Crippen molar-refractivity contribution in [1.29, 1.82) is 10.5 Å². The summed E-state index contributed by atoms with van der Waals surface area (Å²) in [5.41, 5.74) is -7.23. The number of hydrogen-bond donors (Lipinski definition) is 0. The van der Waals surface area contributed by atoms with E-state index < -0.39 is 54.8 Å². The monoisotopic (exact) mass is 508 g/mol. The van der Waals surface area contributed by atoms with E-state index >= 15 is 0 Å². The molecule has 180 valence electrons. The minimum atomic E-state index is -5.62. The number of benzene rings is 1. The Bertz CT molecular complexity index is 1210. The van der Waals surface area contributed by atoms with Crippen LogP contribution in [0.2, 0.25) is 0 Å². The summed E-state index contributed by atoms with van der Waals surface area (Å²) in [6.07, 6.45) is -10.3. The van der Waals surface area contributed by atoms with E-state index in [0.29, 0.717) is 18.4 Å². The van der Waals surface area contributed by atoms with Crippen LogP contribution in [0.15, 0.2) is 51.6 Å². The van der Waals surface area contributed by atoms with Crippen molar-refractivity contribution < 1.29 is 53.6 Å². The maximum atomic E-state index is 13.7. The Hall–Kier alpha value is -2.70. The Balaban J connectivity index is 0.00000612. The predicted octanol–water partition coefficient (Wildman–Crippen LogP) is 3.01. The van der Waals surface area contributed by atoms with Gasteiger partial charge in [0.05, 0.1) is 40.3 Å². The van der Waals surface area contributed by atoms with Crippen molar-refractivity contribution in [2.24, 2.45) is 5.92 Å². The molecule has 0 radical (unpaired) electrons. The van der Waals surface area contributed by atoms with Crippen LogP contribution in [0.5, 0.6) is 0 Å². The van der Waals surface area contributed by atoms with Gasteiger partial charge in [-0.05, 0) is 43.4 Å². The Morgan fingerprint density at radius 1 is 1.06 bits per heavy atom. The normalized spacial score (nSPS) is 18.3. The number of allylic oxidation sites excluding steroid dienone is 1. The van der Waals surface area contributed by atoms with Gasteiger partial charge in [-0.2, -0.15) is 36.9 Å². The quantitative estimate of drug-likeness (QED) is 0.336. The molecule has 1 aromatic rings. The van der Waals surface area contributed by atoms with Crippen molar-refractivity contribution in [3.05, 3.63) is 63.7 Å².